The molecule has 0 amide bonds. The Kier molecular flexibility index (Phi) is 4.43. The molecule has 0 saturated carbocycles. The molecule has 4 heterocycles. The fourth-order valence-corrected chi connectivity index (χ4v) is 4.48. The largest absolute Gasteiger partial charge is 0.507 e. The molecule has 29 heavy (non-hydrogen) atoms. The second kappa shape index (κ2) is 7.11. The van der Waals surface area contributed by atoms with Crippen molar-refractivity contribution in [3.05, 3.63) is 36.2 Å². The van der Waals surface area contributed by atoms with Gasteiger partial charge in [0.25, 0.3) is 0 Å². The van der Waals surface area contributed by atoms with Gasteiger partial charge in [0.15, 0.2) is 5.82 Å². The van der Waals surface area contributed by atoms with E-state index in [0.717, 1.165) is 18.7 Å². The Balaban J connectivity index is 1.34. The first-order valence-corrected chi connectivity index (χ1v) is 10.0. The lowest BCUT2D eigenvalue weighted by atomic mass is 9.98. The number of phenols is 1. The van der Waals surface area contributed by atoms with Gasteiger partial charge in [0, 0.05) is 43.2 Å². The highest BCUT2D eigenvalue weighted by molar-refractivity contribution is 5.71. The van der Waals surface area contributed by atoms with Crippen molar-refractivity contribution in [2.24, 2.45) is 0 Å². The van der Waals surface area contributed by atoms with Crippen LogP contribution in [0.25, 0.3) is 22.7 Å². The lowest BCUT2D eigenvalue weighted by molar-refractivity contribution is 0.353. The first-order chi connectivity index (χ1) is 14.1. The number of nitrogens with zero attached hydrogens (tertiary/aromatic N) is 5. The molecule has 8 heteroatoms. The zero-order chi connectivity index (χ0) is 20.0. The number of phenolic OH excluding ortho intramolecular Hbond substituents is 1. The minimum absolute atomic E-state index is 0.101. The molecule has 1 aromatic carbocycles. The average molecular weight is 392 g/mol. The molecule has 2 bridgehead atoms. The van der Waals surface area contributed by atoms with Crippen molar-refractivity contribution >= 4 is 5.82 Å². The Morgan fingerprint density at radius 1 is 1.03 bits per heavy atom. The van der Waals surface area contributed by atoms with E-state index >= 15 is 0 Å². The summed E-state index contributed by atoms with van der Waals surface area (Å²) in [5.74, 6) is 1.82. The van der Waals surface area contributed by atoms with Crippen LogP contribution in [0.2, 0.25) is 0 Å². The molecule has 2 aliphatic heterocycles. The van der Waals surface area contributed by atoms with E-state index in [1.54, 1.807) is 19.1 Å². The van der Waals surface area contributed by atoms with Crippen molar-refractivity contribution in [2.45, 2.75) is 50.7 Å². The van der Waals surface area contributed by atoms with E-state index in [0.29, 0.717) is 46.7 Å². The molecule has 3 aromatic rings. The number of nitrogens with one attached hydrogen (secondary N) is 1. The highest BCUT2D eigenvalue weighted by atomic mass is 16.4. The Morgan fingerprint density at radius 2 is 1.83 bits per heavy atom. The monoisotopic (exact) mass is 392 g/mol. The SMILES string of the molecule is Cc1nnc(-c2ccc(-c3ccc(N(C)C4CC5CCC(C4)N5)nn3)c(O)c2)o1. The highest BCUT2D eigenvalue weighted by Gasteiger charge is 2.35. The number of piperidine rings is 1. The van der Waals surface area contributed by atoms with Crippen LogP contribution in [0.5, 0.6) is 5.75 Å². The fourth-order valence-electron chi connectivity index (χ4n) is 4.48. The lowest BCUT2D eigenvalue weighted by Crippen LogP contribution is -2.47. The maximum atomic E-state index is 10.5. The molecule has 150 valence electrons. The van der Waals surface area contributed by atoms with Crippen LogP contribution in [-0.4, -0.2) is 50.7 Å². The van der Waals surface area contributed by atoms with Gasteiger partial charge in [-0.15, -0.1) is 20.4 Å². The molecular weight excluding hydrogens is 368 g/mol. The molecule has 2 saturated heterocycles. The number of hydrogen-bond donors (Lipinski definition) is 2. The van der Waals surface area contributed by atoms with Crippen molar-refractivity contribution in [1.29, 1.82) is 0 Å². The van der Waals surface area contributed by atoms with Crippen LogP contribution >= 0.6 is 0 Å². The molecule has 0 spiro atoms. The van der Waals surface area contributed by atoms with Gasteiger partial charge in [-0.25, -0.2) is 0 Å². The second-order valence-electron chi connectivity index (χ2n) is 8.01. The number of hydrogen-bond acceptors (Lipinski definition) is 8. The highest BCUT2D eigenvalue weighted by Crippen LogP contribution is 2.33. The van der Waals surface area contributed by atoms with Gasteiger partial charge in [0.1, 0.15) is 5.75 Å². The third kappa shape index (κ3) is 3.44. The number of aromatic nitrogens is 4. The number of aryl methyl sites for hydroxylation is 1. The van der Waals surface area contributed by atoms with E-state index in [9.17, 15) is 5.11 Å². The normalized spacial score (nSPS) is 23.3. The Morgan fingerprint density at radius 3 is 2.45 bits per heavy atom. The van der Waals surface area contributed by atoms with Crippen molar-refractivity contribution in [3.63, 3.8) is 0 Å². The molecule has 2 fully saturated rings. The van der Waals surface area contributed by atoms with Crippen molar-refractivity contribution < 1.29 is 9.52 Å². The van der Waals surface area contributed by atoms with Gasteiger partial charge in [0.2, 0.25) is 11.8 Å². The van der Waals surface area contributed by atoms with Crippen LogP contribution in [-0.2, 0) is 0 Å². The fraction of sp³-hybridized carbons (Fsp3) is 0.429. The number of anilines is 1. The summed E-state index contributed by atoms with van der Waals surface area (Å²) >= 11 is 0. The summed E-state index contributed by atoms with van der Waals surface area (Å²) < 4.78 is 5.42. The molecule has 8 nitrogen and oxygen atoms in total. The van der Waals surface area contributed by atoms with E-state index < -0.39 is 0 Å². The van der Waals surface area contributed by atoms with Gasteiger partial charge < -0.3 is 19.7 Å². The quantitative estimate of drug-likeness (QED) is 0.699. The zero-order valence-electron chi connectivity index (χ0n) is 16.5. The molecule has 2 N–H and O–H groups in total. The van der Waals surface area contributed by atoms with Crippen molar-refractivity contribution in [3.8, 4) is 28.5 Å². The minimum atomic E-state index is 0.101. The Labute approximate surface area is 169 Å². The topological polar surface area (TPSA) is 100 Å². The van der Waals surface area contributed by atoms with Gasteiger partial charge in [-0.3, -0.25) is 0 Å². The third-order valence-electron chi connectivity index (χ3n) is 6.05. The van der Waals surface area contributed by atoms with Crippen LogP contribution in [0.15, 0.2) is 34.7 Å². The summed E-state index contributed by atoms with van der Waals surface area (Å²) in [5, 5.41) is 30.8. The summed E-state index contributed by atoms with van der Waals surface area (Å²) in [4.78, 5) is 2.24. The maximum absolute atomic E-state index is 10.5. The first kappa shape index (κ1) is 18.1. The summed E-state index contributed by atoms with van der Waals surface area (Å²) in [6.07, 6.45) is 4.84. The van der Waals surface area contributed by atoms with Crippen LogP contribution in [0.3, 0.4) is 0 Å². The Hall–Kier alpha value is -3.00. The average Bonchev–Trinajstić information content (AvgIpc) is 3.32. The predicted octanol–water partition coefficient (Wildman–Crippen LogP) is 2.93. The molecule has 0 radical (unpaired) electrons. The first-order valence-electron chi connectivity index (χ1n) is 10.0. The van der Waals surface area contributed by atoms with E-state index in [2.05, 4.69) is 37.7 Å². The molecule has 2 atom stereocenters. The van der Waals surface area contributed by atoms with E-state index in [1.165, 1.54) is 12.8 Å². The summed E-state index contributed by atoms with van der Waals surface area (Å²) in [5.41, 5.74) is 1.90. The number of benzene rings is 1. The smallest absolute Gasteiger partial charge is 0.247 e. The van der Waals surface area contributed by atoms with E-state index in [4.69, 9.17) is 4.42 Å². The van der Waals surface area contributed by atoms with Gasteiger partial charge >= 0.3 is 0 Å². The Bertz CT molecular complexity index is 1010. The van der Waals surface area contributed by atoms with E-state index in [1.807, 2.05) is 18.2 Å². The van der Waals surface area contributed by atoms with E-state index in [-0.39, 0.29) is 5.75 Å². The summed E-state index contributed by atoms with van der Waals surface area (Å²) in [7, 11) is 2.10. The van der Waals surface area contributed by atoms with Gasteiger partial charge in [0.05, 0.1) is 5.69 Å². The van der Waals surface area contributed by atoms with Crippen LogP contribution in [0.1, 0.15) is 31.6 Å². The summed E-state index contributed by atoms with van der Waals surface area (Å²) in [6.45, 7) is 1.73. The number of rotatable bonds is 4. The van der Waals surface area contributed by atoms with Crippen LogP contribution in [0, 0.1) is 6.92 Å². The maximum Gasteiger partial charge on any atom is 0.247 e. The summed E-state index contributed by atoms with van der Waals surface area (Å²) in [6, 6.07) is 10.9. The van der Waals surface area contributed by atoms with Gasteiger partial charge in [-0.2, -0.15) is 0 Å². The number of aromatic hydroxyl groups is 1. The van der Waals surface area contributed by atoms with Crippen LogP contribution < -0.4 is 10.2 Å². The van der Waals surface area contributed by atoms with Gasteiger partial charge in [-0.1, -0.05) is 0 Å². The van der Waals surface area contributed by atoms with Crippen molar-refractivity contribution in [2.75, 3.05) is 11.9 Å². The minimum Gasteiger partial charge on any atom is -0.507 e. The van der Waals surface area contributed by atoms with Gasteiger partial charge in [-0.05, 0) is 56.0 Å². The van der Waals surface area contributed by atoms with Crippen LogP contribution in [0.4, 0.5) is 5.82 Å². The third-order valence-corrected chi connectivity index (χ3v) is 6.05. The predicted molar refractivity (Wildman–Crippen MR) is 109 cm³/mol. The molecule has 5 rings (SSSR count). The molecule has 0 aliphatic carbocycles. The second-order valence-corrected chi connectivity index (χ2v) is 8.01. The zero-order valence-corrected chi connectivity index (χ0v) is 16.5. The number of fused-ring (bicyclic) bond motifs is 2. The standard InChI is InChI=1S/C21H24N6O2/c1-12-23-26-21(29-12)13-3-6-17(19(28)9-13)18-7-8-20(25-24-18)27(2)16-10-14-4-5-15(11-16)22-14/h3,6-9,14-16,22,28H,4-5,10-11H2,1-2H3. The molecule has 2 aromatic heterocycles. The molecular formula is C21H24N6O2. The molecule has 2 unspecified atom stereocenters. The molecule has 2 aliphatic rings. The van der Waals surface area contributed by atoms with Crippen molar-refractivity contribution in [1.82, 2.24) is 25.7 Å². The lowest BCUT2D eigenvalue weighted by Gasteiger charge is -2.36.